The highest BCUT2D eigenvalue weighted by Gasteiger charge is 2.26. The van der Waals surface area contributed by atoms with E-state index in [2.05, 4.69) is 10.3 Å². The van der Waals surface area contributed by atoms with Crippen LogP contribution in [0.1, 0.15) is 18.9 Å². The fourth-order valence-electron chi connectivity index (χ4n) is 2.36. The van der Waals surface area contributed by atoms with E-state index >= 15 is 0 Å². The zero-order valence-corrected chi connectivity index (χ0v) is 12.4. The van der Waals surface area contributed by atoms with Crippen LogP contribution in [-0.4, -0.2) is 59.3 Å². The van der Waals surface area contributed by atoms with Crippen LogP contribution in [0.2, 0.25) is 0 Å². The van der Waals surface area contributed by atoms with Gasteiger partial charge in [-0.2, -0.15) is 0 Å². The molecule has 6 heteroatoms. The number of aromatic nitrogens is 1. The number of nitrogens with one attached hydrogen (secondary N) is 1. The van der Waals surface area contributed by atoms with Gasteiger partial charge in [-0.3, -0.25) is 14.6 Å². The van der Waals surface area contributed by atoms with E-state index in [0.717, 1.165) is 25.1 Å². The number of likely N-dealkylation sites (N-methyl/N-ethyl adjacent to an activating group) is 1. The zero-order chi connectivity index (χ0) is 15.1. The van der Waals surface area contributed by atoms with Gasteiger partial charge in [-0.05, 0) is 37.6 Å². The summed E-state index contributed by atoms with van der Waals surface area (Å²) in [6.07, 6.45) is 4.27. The van der Waals surface area contributed by atoms with E-state index in [1.807, 2.05) is 19.1 Å². The maximum atomic E-state index is 12.4. The van der Waals surface area contributed by atoms with Gasteiger partial charge < -0.3 is 15.1 Å². The number of nitrogens with zero attached hydrogens (tertiary/aromatic N) is 3. The molecule has 0 atom stereocenters. The first-order valence-electron chi connectivity index (χ1n) is 7.40. The first-order valence-corrected chi connectivity index (χ1v) is 7.40. The predicted molar refractivity (Wildman–Crippen MR) is 79.4 cm³/mol. The summed E-state index contributed by atoms with van der Waals surface area (Å²) in [6.45, 7) is 5.72. The lowest BCUT2D eigenvalue weighted by atomic mass is 10.2. The third kappa shape index (κ3) is 4.26. The van der Waals surface area contributed by atoms with Gasteiger partial charge in [0.05, 0.1) is 0 Å². The van der Waals surface area contributed by atoms with Crippen molar-refractivity contribution in [3.8, 4) is 0 Å². The lowest BCUT2D eigenvalue weighted by Crippen LogP contribution is -2.46. The van der Waals surface area contributed by atoms with E-state index in [9.17, 15) is 9.59 Å². The van der Waals surface area contributed by atoms with Crippen molar-refractivity contribution in [2.45, 2.75) is 19.9 Å². The highest BCUT2D eigenvalue weighted by molar-refractivity contribution is 6.34. The number of amides is 2. The standard InChI is InChI=1S/C15H22N4O2/c1-2-18(12-13-4-7-17-8-5-13)14(20)15(21)19-10-3-6-16-9-11-19/h4-5,7-8,16H,2-3,6,9-12H2,1H3. The van der Waals surface area contributed by atoms with Crippen LogP contribution in [0.25, 0.3) is 0 Å². The molecule has 1 N–H and O–H groups in total. The Morgan fingerprint density at radius 3 is 2.76 bits per heavy atom. The Kier molecular flexibility index (Phi) is 5.68. The maximum Gasteiger partial charge on any atom is 0.312 e. The summed E-state index contributed by atoms with van der Waals surface area (Å²) < 4.78 is 0. The van der Waals surface area contributed by atoms with Gasteiger partial charge >= 0.3 is 11.8 Å². The van der Waals surface area contributed by atoms with Crippen molar-refractivity contribution in [2.24, 2.45) is 0 Å². The Labute approximate surface area is 125 Å². The SMILES string of the molecule is CCN(Cc1ccncc1)C(=O)C(=O)N1CCCNCC1. The largest absolute Gasteiger partial charge is 0.333 e. The van der Waals surface area contributed by atoms with Crippen LogP contribution in [0.15, 0.2) is 24.5 Å². The maximum absolute atomic E-state index is 12.4. The van der Waals surface area contributed by atoms with Crippen molar-refractivity contribution in [2.75, 3.05) is 32.7 Å². The zero-order valence-electron chi connectivity index (χ0n) is 12.4. The van der Waals surface area contributed by atoms with Crippen LogP contribution < -0.4 is 5.32 Å². The lowest BCUT2D eigenvalue weighted by molar-refractivity contribution is -0.152. The molecule has 1 aliphatic heterocycles. The molecule has 1 aliphatic rings. The van der Waals surface area contributed by atoms with Crippen molar-refractivity contribution in [1.82, 2.24) is 20.1 Å². The highest BCUT2D eigenvalue weighted by atomic mass is 16.2. The summed E-state index contributed by atoms with van der Waals surface area (Å²) in [7, 11) is 0. The molecule has 1 aromatic rings. The van der Waals surface area contributed by atoms with Gasteiger partial charge in [0.1, 0.15) is 0 Å². The Balaban J connectivity index is 1.99. The molecule has 1 fully saturated rings. The normalized spacial score (nSPS) is 15.4. The summed E-state index contributed by atoms with van der Waals surface area (Å²) in [5.74, 6) is -0.814. The molecule has 21 heavy (non-hydrogen) atoms. The molecule has 0 radical (unpaired) electrons. The molecule has 0 unspecified atom stereocenters. The molecule has 2 heterocycles. The van der Waals surface area contributed by atoms with Gasteiger partial charge in [0.25, 0.3) is 0 Å². The summed E-state index contributed by atoms with van der Waals surface area (Å²) >= 11 is 0. The quantitative estimate of drug-likeness (QED) is 0.811. The van der Waals surface area contributed by atoms with Gasteiger partial charge in [-0.1, -0.05) is 0 Å². The third-order valence-electron chi connectivity index (χ3n) is 3.60. The van der Waals surface area contributed by atoms with E-state index in [1.54, 1.807) is 22.2 Å². The van der Waals surface area contributed by atoms with Crippen LogP contribution in [-0.2, 0) is 16.1 Å². The molecule has 1 aromatic heterocycles. The van der Waals surface area contributed by atoms with Gasteiger partial charge in [-0.25, -0.2) is 0 Å². The first-order chi connectivity index (χ1) is 10.2. The summed E-state index contributed by atoms with van der Waals surface area (Å²) in [5, 5.41) is 3.23. The molecule has 0 aliphatic carbocycles. The van der Waals surface area contributed by atoms with Gasteiger partial charge in [-0.15, -0.1) is 0 Å². The summed E-state index contributed by atoms with van der Waals surface area (Å²) in [6, 6.07) is 3.71. The Bertz CT molecular complexity index is 470. The third-order valence-corrected chi connectivity index (χ3v) is 3.60. The number of carbonyl (C=O) groups is 2. The van der Waals surface area contributed by atoms with Crippen LogP contribution in [0.3, 0.4) is 0 Å². The fraction of sp³-hybridized carbons (Fsp3) is 0.533. The van der Waals surface area contributed by atoms with E-state index in [1.165, 1.54) is 0 Å². The molecule has 2 rings (SSSR count). The second-order valence-electron chi connectivity index (χ2n) is 5.07. The van der Waals surface area contributed by atoms with Crippen LogP contribution in [0.4, 0.5) is 0 Å². The van der Waals surface area contributed by atoms with Crippen molar-refractivity contribution < 1.29 is 9.59 Å². The van der Waals surface area contributed by atoms with Crippen molar-refractivity contribution in [3.05, 3.63) is 30.1 Å². The Hall–Kier alpha value is -1.95. The van der Waals surface area contributed by atoms with E-state index in [4.69, 9.17) is 0 Å². The average molecular weight is 290 g/mol. The van der Waals surface area contributed by atoms with E-state index in [-0.39, 0.29) is 0 Å². The molecule has 0 bridgehead atoms. The smallest absolute Gasteiger partial charge is 0.312 e. The van der Waals surface area contributed by atoms with Crippen molar-refractivity contribution in [3.63, 3.8) is 0 Å². The summed E-state index contributed by atoms with van der Waals surface area (Å²) in [4.78, 5) is 31.9. The molecule has 0 spiro atoms. The lowest BCUT2D eigenvalue weighted by Gasteiger charge is -2.25. The molecular weight excluding hydrogens is 268 g/mol. The minimum atomic E-state index is -0.420. The second-order valence-corrected chi connectivity index (χ2v) is 5.07. The number of pyridine rings is 1. The van der Waals surface area contributed by atoms with Gasteiger partial charge in [0.15, 0.2) is 0 Å². The van der Waals surface area contributed by atoms with E-state index < -0.39 is 11.8 Å². The molecule has 6 nitrogen and oxygen atoms in total. The molecule has 2 amide bonds. The Morgan fingerprint density at radius 1 is 1.29 bits per heavy atom. The highest BCUT2D eigenvalue weighted by Crippen LogP contribution is 2.06. The fourth-order valence-corrected chi connectivity index (χ4v) is 2.36. The molecule has 0 saturated carbocycles. The van der Waals surface area contributed by atoms with Crippen LogP contribution in [0.5, 0.6) is 0 Å². The van der Waals surface area contributed by atoms with Gasteiger partial charge in [0.2, 0.25) is 0 Å². The molecule has 0 aromatic carbocycles. The monoisotopic (exact) mass is 290 g/mol. The first kappa shape index (κ1) is 15.4. The van der Waals surface area contributed by atoms with Crippen molar-refractivity contribution >= 4 is 11.8 Å². The average Bonchev–Trinajstić information content (AvgIpc) is 2.81. The van der Waals surface area contributed by atoms with Crippen molar-refractivity contribution in [1.29, 1.82) is 0 Å². The van der Waals surface area contributed by atoms with Crippen LogP contribution >= 0.6 is 0 Å². The van der Waals surface area contributed by atoms with Crippen LogP contribution in [0, 0.1) is 0 Å². The molecule has 1 saturated heterocycles. The molecule has 114 valence electrons. The number of hydrogen-bond acceptors (Lipinski definition) is 4. The number of rotatable bonds is 3. The number of carbonyl (C=O) groups excluding carboxylic acids is 2. The topological polar surface area (TPSA) is 65.5 Å². The minimum absolute atomic E-state index is 0.394. The number of hydrogen-bond donors (Lipinski definition) is 1. The van der Waals surface area contributed by atoms with E-state index in [0.29, 0.717) is 26.2 Å². The summed E-state index contributed by atoms with van der Waals surface area (Å²) in [5.41, 5.74) is 0.977. The Morgan fingerprint density at radius 2 is 2.05 bits per heavy atom. The minimum Gasteiger partial charge on any atom is -0.333 e. The second kappa shape index (κ2) is 7.73. The predicted octanol–water partition coefficient (Wildman–Crippen LogP) is 0.252. The van der Waals surface area contributed by atoms with Gasteiger partial charge in [0, 0.05) is 45.1 Å². The molecular formula is C15H22N4O2.